The Labute approximate surface area is 198 Å². The van der Waals surface area contributed by atoms with Crippen molar-refractivity contribution >= 4 is 38.0 Å². The van der Waals surface area contributed by atoms with E-state index in [-0.39, 0.29) is 6.04 Å². The summed E-state index contributed by atoms with van der Waals surface area (Å²) in [5.74, 6) is 1.69. The van der Waals surface area contributed by atoms with Gasteiger partial charge in [0, 0.05) is 11.1 Å². The lowest BCUT2D eigenvalue weighted by molar-refractivity contribution is 0.414. The predicted octanol–water partition coefficient (Wildman–Crippen LogP) is 7.80. The molecule has 1 N–H and O–H groups in total. The minimum absolute atomic E-state index is 0.0321. The van der Waals surface area contributed by atoms with Crippen LogP contribution in [0.2, 0.25) is 0 Å². The third-order valence-electron chi connectivity index (χ3n) is 6.73. The number of hydrogen-bond acceptors (Lipinski definition) is 3. The van der Waals surface area contributed by atoms with Crippen LogP contribution in [0.1, 0.15) is 17.2 Å². The lowest BCUT2D eigenvalue weighted by atomic mass is 9.92. The standard InChI is InChI=1S/C31H25NO2/c1-33-25-14-8-23(9-15-25)31(24-10-16-26(34-2)17-11-24)32-28-19-13-22-7-6-20-4-3-5-21-12-18-27(28)30(22)29(20)21/h3-19,31-32H,1-2H3. The van der Waals surface area contributed by atoms with E-state index in [1.54, 1.807) is 14.2 Å². The SMILES string of the molecule is COc1ccc(C(Nc2ccc3ccc4cccc5ccc2c3c45)c2ccc(OC)cc2)cc1. The van der Waals surface area contributed by atoms with Crippen LogP contribution in [0.4, 0.5) is 5.69 Å². The molecular formula is C31H25NO2. The van der Waals surface area contributed by atoms with Gasteiger partial charge < -0.3 is 14.8 Å². The topological polar surface area (TPSA) is 30.5 Å². The van der Waals surface area contributed by atoms with Crippen LogP contribution in [0, 0.1) is 0 Å². The van der Waals surface area contributed by atoms with Crippen molar-refractivity contribution in [3.63, 3.8) is 0 Å². The number of anilines is 1. The van der Waals surface area contributed by atoms with E-state index in [1.807, 2.05) is 24.3 Å². The molecule has 0 saturated carbocycles. The van der Waals surface area contributed by atoms with Crippen LogP contribution in [0.3, 0.4) is 0 Å². The van der Waals surface area contributed by atoms with Crippen LogP contribution in [0.5, 0.6) is 11.5 Å². The van der Waals surface area contributed by atoms with E-state index in [4.69, 9.17) is 9.47 Å². The van der Waals surface area contributed by atoms with Crippen molar-refractivity contribution < 1.29 is 9.47 Å². The molecular weight excluding hydrogens is 418 g/mol. The van der Waals surface area contributed by atoms with E-state index in [2.05, 4.69) is 84.2 Å². The molecule has 0 fully saturated rings. The molecule has 0 aromatic heterocycles. The number of ether oxygens (including phenoxy) is 2. The van der Waals surface area contributed by atoms with Gasteiger partial charge in [0.25, 0.3) is 0 Å². The van der Waals surface area contributed by atoms with E-state index in [0.717, 1.165) is 28.3 Å². The summed E-state index contributed by atoms with van der Waals surface area (Å²) in [5, 5.41) is 11.5. The summed E-state index contributed by atoms with van der Waals surface area (Å²) >= 11 is 0. The Hall–Kier alpha value is -4.24. The molecule has 0 aliphatic heterocycles. The average Bonchev–Trinajstić information content (AvgIpc) is 2.91. The van der Waals surface area contributed by atoms with Crippen LogP contribution in [0.25, 0.3) is 32.3 Å². The number of benzene rings is 6. The molecule has 0 aliphatic rings. The fourth-order valence-corrected chi connectivity index (χ4v) is 4.97. The first kappa shape index (κ1) is 20.4. The second kappa shape index (κ2) is 8.27. The van der Waals surface area contributed by atoms with Gasteiger partial charge in [-0.2, -0.15) is 0 Å². The lowest BCUT2D eigenvalue weighted by Crippen LogP contribution is -2.12. The minimum atomic E-state index is -0.0321. The molecule has 0 atom stereocenters. The van der Waals surface area contributed by atoms with Gasteiger partial charge in [-0.25, -0.2) is 0 Å². The van der Waals surface area contributed by atoms with Gasteiger partial charge in [0.15, 0.2) is 0 Å². The monoisotopic (exact) mass is 443 g/mol. The smallest absolute Gasteiger partial charge is 0.118 e. The zero-order valence-corrected chi connectivity index (χ0v) is 19.2. The molecule has 0 aliphatic carbocycles. The van der Waals surface area contributed by atoms with Crippen LogP contribution >= 0.6 is 0 Å². The van der Waals surface area contributed by atoms with E-state index in [9.17, 15) is 0 Å². The largest absolute Gasteiger partial charge is 0.497 e. The normalized spacial score (nSPS) is 11.5. The Kier molecular flexibility index (Phi) is 4.96. The number of methoxy groups -OCH3 is 2. The maximum atomic E-state index is 5.39. The summed E-state index contributed by atoms with van der Waals surface area (Å²) < 4.78 is 10.8. The van der Waals surface area contributed by atoms with Crippen molar-refractivity contribution in [2.24, 2.45) is 0 Å². The van der Waals surface area contributed by atoms with Gasteiger partial charge in [0.05, 0.1) is 20.3 Å². The van der Waals surface area contributed by atoms with Crippen molar-refractivity contribution in [3.8, 4) is 11.5 Å². The highest BCUT2D eigenvalue weighted by molar-refractivity contribution is 6.25. The van der Waals surface area contributed by atoms with E-state index in [0.29, 0.717) is 0 Å². The molecule has 34 heavy (non-hydrogen) atoms. The van der Waals surface area contributed by atoms with Crippen LogP contribution in [-0.2, 0) is 0 Å². The zero-order chi connectivity index (χ0) is 23.1. The van der Waals surface area contributed by atoms with Crippen LogP contribution < -0.4 is 14.8 Å². The molecule has 0 amide bonds. The Morgan fingerprint density at radius 3 is 1.59 bits per heavy atom. The number of nitrogens with one attached hydrogen (secondary N) is 1. The van der Waals surface area contributed by atoms with E-state index < -0.39 is 0 Å². The number of rotatable bonds is 6. The van der Waals surface area contributed by atoms with Crippen LogP contribution in [0.15, 0.2) is 103 Å². The molecule has 0 unspecified atom stereocenters. The molecule has 0 spiro atoms. The average molecular weight is 444 g/mol. The third-order valence-corrected chi connectivity index (χ3v) is 6.73. The summed E-state index contributed by atoms with van der Waals surface area (Å²) in [6, 6.07) is 36.3. The molecule has 0 saturated heterocycles. The first-order chi connectivity index (χ1) is 16.7. The van der Waals surface area contributed by atoms with Gasteiger partial charge in [-0.05, 0) is 68.4 Å². The molecule has 166 valence electrons. The summed E-state index contributed by atoms with van der Waals surface area (Å²) in [7, 11) is 3.39. The molecule has 6 rings (SSSR count). The van der Waals surface area contributed by atoms with Gasteiger partial charge in [0.1, 0.15) is 11.5 Å². The van der Waals surface area contributed by atoms with E-state index in [1.165, 1.54) is 32.3 Å². The maximum Gasteiger partial charge on any atom is 0.118 e. The Morgan fingerprint density at radius 2 is 1.03 bits per heavy atom. The van der Waals surface area contributed by atoms with Gasteiger partial charge in [0.2, 0.25) is 0 Å². The Bertz CT molecular complexity index is 1520. The molecule has 3 nitrogen and oxygen atoms in total. The number of hydrogen-bond donors (Lipinski definition) is 1. The minimum Gasteiger partial charge on any atom is -0.497 e. The maximum absolute atomic E-state index is 5.39. The predicted molar refractivity (Wildman–Crippen MR) is 142 cm³/mol. The Balaban J connectivity index is 1.51. The zero-order valence-electron chi connectivity index (χ0n) is 19.2. The fraction of sp³-hybridized carbons (Fsp3) is 0.0968. The molecule has 3 heteroatoms. The first-order valence-corrected chi connectivity index (χ1v) is 11.5. The quantitative estimate of drug-likeness (QED) is 0.266. The van der Waals surface area contributed by atoms with Crippen molar-refractivity contribution in [3.05, 3.63) is 114 Å². The van der Waals surface area contributed by atoms with Gasteiger partial charge >= 0.3 is 0 Å². The second-order valence-corrected chi connectivity index (χ2v) is 8.59. The molecule has 0 radical (unpaired) electrons. The summed E-state index contributed by atoms with van der Waals surface area (Å²) in [4.78, 5) is 0. The molecule has 0 heterocycles. The highest BCUT2D eigenvalue weighted by atomic mass is 16.5. The third kappa shape index (κ3) is 3.37. The molecule has 0 bridgehead atoms. The van der Waals surface area contributed by atoms with Crippen LogP contribution in [-0.4, -0.2) is 14.2 Å². The molecule has 6 aromatic carbocycles. The van der Waals surface area contributed by atoms with E-state index >= 15 is 0 Å². The highest BCUT2D eigenvalue weighted by Crippen LogP contribution is 2.39. The first-order valence-electron chi connectivity index (χ1n) is 11.5. The van der Waals surface area contributed by atoms with Crippen molar-refractivity contribution in [2.45, 2.75) is 6.04 Å². The van der Waals surface area contributed by atoms with Crippen molar-refractivity contribution in [2.75, 3.05) is 19.5 Å². The van der Waals surface area contributed by atoms with Gasteiger partial charge in [-0.1, -0.05) is 72.8 Å². The summed E-state index contributed by atoms with van der Waals surface area (Å²) in [6.07, 6.45) is 0. The Morgan fingerprint density at radius 1 is 0.529 bits per heavy atom. The van der Waals surface area contributed by atoms with Crippen molar-refractivity contribution in [1.29, 1.82) is 0 Å². The summed E-state index contributed by atoms with van der Waals surface area (Å²) in [5.41, 5.74) is 3.44. The fourth-order valence-electron chi connectivity index (χ4n) is 4.97. The second-order valence-electron chi connectivity index (χ2n) is 8.59. The molecule has 6 aromatic rings. The van der Waals surface area contributed by atoms with Gasteiger partial charge in [-0.3, -0.25) is 0 Å². The highest BCUT2D eigenvalue weighted by Gasteiger charge is 2.17. The summed E-state index contributed by atoms with van der Waals surface area (Å²) in [6.45, 7) is 0. The van der Waals surface area contributed by atoms with Crippen molar-refractivity contribution in [1.82, 2.24) is 0 Å². The lowest BCUT2D eigenvalue weighted by Gasteiger charge is -2.23. The van der Waals surface area contributed by atoms with Gasteiger partial charge in [-0.15, -0.1) is 0 Å².